The molecule has 0 spiro atoms. The van der Waals surface area contributed by atoms with Crippen molar-refractivity contribution in [2.75, 3.05) is 37.7 Å². The van der Waals surface area contributed by atoms with E-state index in [0.717, 1.165) is 24.5 Å². The van der Waals surface area contributed by atoms with E-state index in [9.17, 15) is 0 Å². The van der Waals surface area contributed by atoms with E-state index in [0.29, 0.717) is 0 Å². The molecule has 3 N–H and O–H groups in total. The van der Waals surface area contributed by atoms with Crippen LogP contribution in [0.1, 0.15) is 19.8 Å². The third kappa shape index (κ3) is 5.03. The predicted molar refractivity (Wildman–Crippen MR) is 71.7 cm³/mol. The second kappa shape index (κ2) is 7.12. The summed E-state index contributed by atoms with van der Waals surface area (Å²) < 4.78 is 0. The summed E-state index contributed by atoms with van der Waals surface area (Å²) >= 11 is 0. The highest BCUT2D eigenvalue weighted by atomic mass is 15.1. The number of rotatable bonds is 7. The molecule has 16 heavy (non-hydrogen) atoms. The van der Waals surface area contributed by atoms with Crippen LogP contribution in [0.4, 0.5) is 11.4 Å². The molecule has 0 atom stereocenters. The normalized spacial score (nSPS) is 10.7. The van der Waals surface area contributed by atoms with E-state index in [1.165, 1.54) is 19.4 Å². The van der Waals surface area contributed by atoms with E-state index < -0.39 is 0 Å². The lowest BCUT2D eigenvalue weighted by Crippen LogP contribution is -2.22. The third-order valence-corrected chi connectivity index (χ3v) is 2.56. The molecule has 0 unspecified atom stereocenters. The highest BCUT2D eigenvalue weighted by Crippen LogP contribution is 2.10. The monoisotopic (exact) mass is 221 g/mol. The molecule has 0 aliphatic rings. The summed E-state index contributed by atoms with van der Waals surface area (Å²) in [6.07, 6.45) is 2.39. The van der Waals surface area contributed by atoms with Crippen LogP contribution in [0.25, 0.3) is 0 Å². The second-order valence-corrected chi connectivity index (χ2v) is 4.21. The molecule has 0 radical (unpaired) electrons. The number of benzene rings is 1. The number of anilines is 2. The lowest BCUT2D eigenvalue weighted by Gasteiger charge is -2.15. The van der Waals surface area contributed by atoms with Gasteiger partial charge in [-0.05, 0) is 57.2 Å². The summed E-state index contributed by atoms with van der Waals surface area (Å²) in [5.74, 6) is 0. The average Bonchev–Trinajstić information content (AvgIpc) is 2.27. The van der Waals surface area contributed by atoms with Crippen molar-refractivity contribution in [1.29, 1.82) is 0 Å². The second-order valence-electron chi connectivity index (χ2n) is 4.21. The maximum atomic E-state index is 5.62. The van der Waals surface area contributed by atoms with Gasteiger partial charge in [0.25, 0.3) is 0 Å². The topological polar surface area (TPSA) is 41.3 Å². The van der Waals surface area contributed by atoms with Gasteiger partial charge in [-0.2, -0.15) is 0 Å². The summed E-state index contributed by atoms with van der Waals surface area (Å²) in [6, 6.07) is 7.88. The Hall–Kier alpha value is -1.22. The van der Waals surface area contributed by atoms with Crippen molar-refractivity contribution in [1.82, 2.24) is 4.90 Å². The summed E-state index contributed by atoms with van der Waals surface area (Å²) in [5.41, 5.74) is 7.58. The van der Waals surface area contributed by atoms with Crippen molar-refractivity contribution in [3.8, 4) is 0 Å². The Labute approximate surface area is 98.6 Å². The number of nitrogen functional groups attached to an aromatic ring is 1. The van der Waals surface area contributed by atoms with Crippen molar-refractivity contribution < 1.29 is 0 Å². The smallest absolute Gasteiger partial charge is 0.0341 e. The van der Waals surface area contributed by atoms with Crippen molar-refractivity contribution >= 4 is 11.4 Å². The molecule has 0 saturated heterocycles. The Morgan fingerprint density at radius 2 is 1.88 bits per heavy atom. The van der Waals surface area contributed by atoms with Gasteiger partial charge in [-0.25, -0.2) is 0 Å². The van der Waals surface area contributed by atoms with Crippen LogP contribution in [0.15, 0.2) is 24.3 Å². The fraction of sp³-hybridized carbons (Fsp3) is 0.538. The zero-order valence-electron chi connectivity index (χ0n) is 10.4. The minimum absolute atomic E-state index is 0.813. The van der Waals surface area contributed by atoms with Crippen LogP contribution >= 0.6 is 0 Å². The van der Waals surface area contributed by atoms with Crippen molar-refractivity contribution in [2.24, 2.45) is 0 Å². The summed E-state index contributed by atoms with van der Waals surface area (Å²) in [5, 5.41) is 3.39. The molecular weight excluding hydrogens is 198 g/mol. The highest BCUT2D eigenvalue weighted by Gasteiger charge is 1.96. The van der Waals surface area contributed by atoms with Gasteiger partial charge in [0, 0.05) is 17.9 Å². The predicted octanol–water partition coefficient (Wildman–Crippen LogP) is 2.41. The molecule has 1 aromatic rings. The Morgan fingerprint density at radius 3 is 2.50 bits per heavy atom. The van der Waals surface area contributed by atoms with E-state index in [2.05, 4.69) is 24.2 Å². The molecule has 0 amide bonds. The molecule has 90 valence electrons. The first-order valence-corrected chi connectivity index (χ1v) is 6.00. The van der Waals surface area contributed by atoms with E-state index in [4.69, 9.17) is 5.73 Å². The molecular formula is C13H23N3. The van der Waals surface area contributed by atoms with E-state index in [1.54, 1.807) is 0 Å². The van der Waals surface area contributed by atoms with E-state index in [1.807, 2.05) is 24.3 Å². The molecule has 0 fully saturated rings. The lowest BCUT2D eigenvalue weighted by molar-refractivity contribution is 0.333. The van der Waals surface area contributed by atoms with Crippen LogP contribution in [0.5, 0.6) is 0 Å². The maximum Gasteiger partial charge on any atom is 0.0341 e. The first-order chi connectivity index (χ1) is 7.72. The molecule has 1 rings (SSSR count). The Balaban J connectivity index is 2.13. The number of nitrogens with zero attached hydrogens (tertiary/aromatic N) is 1. The van der Waals surface area contributed by atoms with Crippen molar-refractivity contribution in [3.05, 3.63) is 24.3 Å². The molecule has 3 nitrogen and oxygen atoms in total. The van der Waals surface area contributed by atoms with Gasteiger partial charge in [-0.15, -0.1) is 0 Å². The van der Waals surface area contributed by atoms with Crippen LogP contribution in [-0.2, 0) is 0 Å². The maximum absolute atomic E-state index is 5.62. The van der Waals surface area contributed by atoms with Crippen LogP contribution < -0.4 is 11.1 Å². The van der Waals surface area contributed by atoms with Gasteiger partial charge in [-0.1, -0.05) is 6.92 Å². The van der Waals surface area contributed by atoms with Crippen LogP contribution in [-0.4, -0.2) is 31.6 Å². The first-order valence-electron chi connectivity index (χ1n) is 6.00. The molecule has 0 aromatic heterocycles. The SMILES string of the molecule is CCCN(C)CCCNc1ccc(N)cc1. The zero-order chi connectivity index (χ0) is 11.8. The fourth-order valence-electron chi connectivity index (χ4n) is 1.68. The summed E-state index contributed by atoms with van der Waals surface area (Å²) in [4.78, 5) is 2.37. The van der Waals surface area contributed by atoms with Gasteiger partial charge >= 0.3 is 0 Å². The Kier molecular flexibility index (Phi) is 5.72. The van der Waals surface area contributed by atoms with E-state index in [-0.39, 0.29) is 0 Å². The van der Waals surface area contributed by atoms with Crippen LogP contribution in [0.3, 0.4) is 0 Å². The van der Waals surface area contributed by atoms with Crippen molar-refractivity contribution in [3.63, 3.8) is 0 Å². The van der Waals surface area contributed by atoms with Crippen LogP contribution in [0.2, 0.25) is 0 Å². The standard InChI is InChI=1S/C13H23N3/c1-3-10-16(2)11-4-9-15-13-7-5-12(14)6-8-13/h5-8,15H,3-4,9-11,14H2,1-2H3. The Bertz CT molecular complexity index is 282. The number of hydrogen-bond donors (Lipinski definition) is 2. The summed E-state index contributed by atoms with van der Waals surface area (Å²) in [6.45, 7) is 5.55. The fourth-order valence-corrected chi connectivity index (χ4v) is 1.68. The molecule has 0 aliphatic heterocycles. The van der Waals surface area contributed by atoms with Gasteiger partial charge in [0.2, 0.25) is 0 Å². The van der Waals surface area contributed by atoms with Gasteiger partial charge in [0.05, 0.1) is 0 Å². The number of nitrogens with one attached hydrogen (secondary N) is 1. The highest BCUT2D eigenvalue weighted by molar-refractivity contribution is 5.51. The van der Waals surface area contributed by atoms with Gasteiger partial charge in [-0.3, -0.25) is 0 Å². The molecule has 0 aliphatic carbocycles. The van der Waals surface area contributed by atoms with Gasteiger partial charge in [0.1, 0.15) is 0 Å². The molecule has 0 bridgehead atoms. The molecule has 0 saturated carbocycles. The van der Waals surface area contributed by atoms with Gasteiger partial charge in [0.15, 0.2) is 0 Å². The largest absolute Gasteiger partial charge is 0.399 e. The molecule has 1 aromatic carbocycles. The molecule has 3 heteroatoms. The zero-order valence-corrected chi connectivity index (χ0v) is 10.4. The quantitative estimate of drug-likeness (QED) is 0.549. The third-order valence-electron chi connectivity index (χ3n) is 2.56. The Morgan fingerprint density at radius 1 is 1.19 bits per heavy atom. The number of hydrogen-bond acceptors (Lipinski definition) is 3. The minimum Gasteiger partial charge on any atom is -0.399 e. The lowest BCUT2D eigenvalue weighted by atomic mass is 10.3. The van der Waals surface area contributed by atoms with Crippen LogP contribution in [0, 0.1) is 0 Å². The van der Waals surface area contributed by atoms with E-state index >= 15 is 0 Å². The first kappa shape index (κ1) is 12.8. The molecule has 0 heterocycles. The number of nitrogens with two attached hydrogens (primary N) is 1. The summed E-state index contributed by atoms with van der Waals surface area (Å²) in [7, 11) is 2.17. The minimum atomic E-state index is 0.813. The van der Waals surface area contributed by atoms with Crippen molar-refractivity contribution in [2.45, 2.75) is 19.8 Å². The average molecular weight is 221 g/mol. The van der Waals surface area contributed by atoms with Gasteiger partial charge < -0.3 is 16.0 Å².